The summed E-state index contributed by atoms with van der Waals surface area (Å²) >= 11 is 19.0. The molecule has 0 bridgehead atoms. The second-order valence-electron chi connectivity index (χ2n) is 8.65. The van der Waals surface area contributed by atoms with Gasteiger partial charge in [0.2, 0.25) is 0 Å². The lowest BCUT2D eigenvalue weighted by Gasteiger charge is -2.28. The van der Waals surface area contributed by atoms with Gasteiger partial charge in [0.05, 0.1) is 5.02 Å². The lowest BCUT2D eigenvalue weighted by atomic mass is 9.78. The fraction of sp³-hybridized carbons (Fsp3) is 0.500. The monoisotopic (exact) mass is 401 g/mol. The van der Waals surface area contributed by atoms with Crippen molar-refractivity contribution < 1.29 is 5.11 Å². The predicted molar refractivity (Wildman–Crippen MR) is 109 cm³/mol. The molecule has 0 aliphatic carbocycles. The Labute approximate surface area is 165 Å². The molecule has 0 saturated carbocycles. The van der Waals surface area contributed by atoms with Gasteiger partial charge in [-0.3, -0.25) is 0 Å². The quantitative estimate of drug-likeness (QED) is 0.582. The van der Waals surface area contributed by atoms with Crippen molar-refractivity contribution in [2.45, 2.75) is 58.8 Å². The molecule has 2 nitrogen and oxygen atoms in total. The molecule has 2 rings (SSSR count). The van der Waals surface area contributed by atoms with Crippen LogP contribution in [0, 0.1) is 0 Å². The van der Waals surface area contributed by atoms with Crippen molar-refractivity contribution in [3.63, 3.8) is 0 Å². The van der Waals surface area contributed by atoms with Crippen molar-refractivity contribution in [1.82, 2.24) is 4.57 Å². The zero-order valence-electron chi connectivity index (χ0n) is 15.9. The van der Waals surface area contributed by atoms with E-state index in [1.54, 1.807) is 11.6 Å². The SMILES string of the molecule is Cn1c(Cl)c(Cl)c(Cc2cc(C(C)(C)C)c(O)c(C(C)(C)C)c2)c1Cl. The summed E-state index contributed by atoms with van der Waals surface area (Å²) in [5.41, 5.74) is 3.35. The molecule has 0 amide bonds. The third-order valence-corrected chi connectivity index (χ3v) is 5.88. The Morgan fingerprint density at radius 2 is 1.32 bits per heavy atom. The van der Waals surface area contributed by atoms with Crippen LogP contribution in [-0.4, -0.2) is 9.67 Å². The number of aromatic nitrogens is 1. The van der Waals surface area contributed by atoms with E-state index < -0.39 is 0 Å². The summed E-state index contributed by atoms with van der Waals surface area (Å²) < 4.78 is 1.68. The van der Waals surface area contributed by atoms with Gasteiger partial charge < -0.3 is 9.67 Å². The van der Waals surface area contributed by atoms with E-state index in [0.29, 0.717) is 27.5 Å². The Morgan fingerprint density at radius 3 is 1.64 bits per heavy atom. The van der Waals surface area contributed by atoms with Gasteiger partial charge >= 0.3 is 0 Å². The van der Waals surface area contributed by atoms with Gasteiger partial charge in [-0.2, -0.15) is 0 Å². The maximum Gasteiger partial charge on any atom is 0.128 e. The number of hydrogen-bond acceptors (Lipinski definition) is 1. The predicted octanol–water partition coefficient (Wildman–Crippen LogP) is 6.88. The van der Waals surface area contributed by atoms with Crippen LogP contribution in [0.2, 0.25) is 15.3 Å². The Kier molecular flexibility index (Phi) is 5.50. The number of nitrogens with zero attached hydrogens (tertiary/aromatic N) is 1. The number of benzene rings is 1. The molecule has 5 heteroatoms. The smallest absolute Gasteiger partial charge is 0.128 e. The van der Waals surface area contributed by atoms with Crippen LogP contribution in [0.5, 0.6) is 5.75 Å². The third kappa shape index (κ3) is 3.97. The molecule has 1 aromatic heterocycles. The first-order valence-corrected chi connectivity index (χ1v) is 9.43. The van der Waals surface area contributed by atoms with Crippen LogP contribution in [0.3, 0.4) is 0 Å². The topological polar surface area (TPSA) is 25.2 Å². The summed E-state index contributed by atoms with van der Waals surface area (Å²) in [6, 6.07) is 4.08. The number of aromatic hydroxyl groups is 1. The molecule has 138 valence electrons. The second-order valence-corrected chi connectivity index (χ2v) is 9.74. The van der Waals surface area contributed by atoms with Gasteiger partial charge in [-0.05, 0) is 27.5 Å². The van der Waals surface area contributed by atoms with Crippen LogP contribution >= 0.6 is 34.8 Å². The van der Waals surface area contributed by atoms with E-state index >= 15 is 0 Å². The Morgan fingerprint density at radius 1 is 0.880 bits per heavy atom. The zero-order chi connectivity index (χ0) is 19.3. The lowest BCUT2D eigenvalue weighted by Crippen LogP contribution is -2.18. The van der Waals surface area contributed by atoms with E-state index in [9.17, 15) is 5.11 Å². The molecule has 2 aromatic rings. The third-order valence-electron chi connectivity index (χ3n) is 4.45. The van der Waals surface area contributed by atoms with Crippen LogP contribution < -0.4 is 0 Å². The molecule has 0 radical (unpaired) electrons. The Balaban J connectivity index is 2.65. The van der Waals surface area contributed by atoms with E-state index in [1.807, 2.05) is 12.1 Å². The van der Waals surface area contributed by atoms with E-state index in [2.05, 4.69) is 41.5 Å². The normalized spacial score (nSPS) is 12.7. The molecular weight excluding hydrogens is 377 g/mol. The van der Waals surface area contributed by atoms with Crippen molar-refractivity contribution >= 4 is 34.8 Å². The fourth-order valence-electron chi connectivity index (χ4n) is 2.95. The standard InChI is InChI=1S/C20H26Cl3NO/c1-19(2,3)13-9-11(10-14(16(13)25)20(4,5)6)8-12-15(21)18(23)24(7)17(12)22/h9-10,25H,8H2,1-7H3. The number of hydrogen-bond donors (Lipinski definition) is 1. The van der Waals surface area contributed by atoms with Crippen LogP contribution in [0.4, 0.5) is 0 Å². The van der Waals surface area contributed by atoms with Gasteiger partial charge in [0.25, 0.3) is 0 Å². The van der Waals surface area contributed by atoms with Crippen LogP contribution in [0.1, 0.15) is 63.8 Å². The van der Waals surface area contributed by atoms with Gasteiger partial charge in [-0.15, -0.1) is 0 Å². The lowest BCUT2D eigenvalue weighted by molar-refractivity contribution is 0.423. The van der Waals surface area contributed by atoms with Crippen molar-refractivity contribution in [3.05, 3.63) is 49.7 Å². The van der Waals surface area contributed by atoms with Gasteiger partial charge in [0, 0.05) is 19.0 Å². The molecule has 1 aromatic carbocycles. The number of phenolic OH excluding ortho intramolecular Hbond substituents is 1. The highest BCUT2D eigenvalue weighted by molar-refractivity contribution is 6.44. The summed E-state index contributed by atoms with van der Waals surface area (Å²) in [5.74, 6) is 0.368. The summed E-state index contributed by atoms with van der Waals surface area (Å²) in [4.78, 5) is 0. The highest BCUT2D eigenvalue weighted by atomic mass is 35.5. The number of halogens is 3. The van der Waals surface area contributed by atoms with Crippen LogP contribution in [0.25, 0.3) is 0 Å². The minimum atomic E-state index is -0.179. The van der Waals surface area contributed by atoms with Crippen molar-refractivity contribution in [2.75, 3.05) is 0 Å². The molecule has 0 unspecified atom stereocenters. The molecule has 0 aliphatic rings. The summed E-state index contributed by atoms with van der Waals surface area (Å²) in [6.07, 6.45) is 0.560. The van der Waals surface area contributed by atoms with Gasteiger partial charge in [0.1, 0.15) is 16.1 Å². The van der Waals surface area contributed by atoms with E-state index in [0.717, 1.165) is 22.3 Å². The average molecular weight is 403 g/mol. The molecule has 0 aliphatic heterocycles. The molecular formula is C20H26Cl3NO. The first-order valence-electron chi connectivity index (χ1n) is 8.30. The van der Waals surface area contributed by atoms with Crippen molar-refractivity contribution in [1.29, 1.82) is 0 Å². The molecule has 1 heterocycles. The first-order chi connectivity index (χ1) is 11.2. The first kappa shape index (κ1) is 20.5. The van der Waals surface area contributed by atoms with E-state index in [1.165, 1.54) is 0 Å². The molecule has 0 fully saturated rings. The molecule has 0 spiro atoms. The number of phenols is 1. The average Bonchev–Trinajstić information content (AvgIpc) is 2.64. The van der Waals surface area contributed by atoms with Crippen LogP contribution in [0.15, 0.2) is 12.1 Å². The molecule has 0 saturated heterocycles. The Bertz CT molecular complexity index is 747. The minimum absolute atomic E-state index is 0.179. The van der Waals surface area contributed by atoms with Crippen molar-refractivity contribution in [3.8, 4) is 5.75 Å². The maximum atomic E-state index is 10.8. The van der Waals surface area contributed by atoms with Crippen LogP contribution in [-0.2, 0) is 24.3 Å². The van der Waals surface area contributed by atoms with Crippen molar-refractivity contribution in [2.24, 2.45) is 7.05 Å². The summed E-state index contributed by atoms with van der Waals surface area (Å²) in [6.45, 7) is 12.6. The highest BCUT2D eigenvalue weighted by Gasteiger charge is 2.27. The largest absolute Gasteiger partial charge is 0.507 e. The molecule has 1 N–H and O–H groups in total. The fourth-order valence-corrected chi connectivity index (χ4v) is 3.76. The zero-order valence-corrected chi connectivity index (χ0v) is 18.2. The highest BCUT2D eigenvalue weighted by Crippen LogP contribution is 2.41. The minimum Gasteiger partial charge on any atom is -0.507 e. The van der Waals surface area contributed by atoms with Gasteiger partial charge in [0.15, 0.2) is 0 Å². The van der Waals surface area contributed by atoms with E-state index in [4.69, 9.17) is 34.8 Å². The number of rotatable bonds is 2. The van der Waals surface area contributed by atoms with Gasteiger partial charge in [-0.25, -0.2) is 0 Å². The summed E-state index contributed by atoms with van der Waals surface area (Å²) in [5, 5.41) is 12.3. The van der Waals surface area contributed by atoms with Gasteiger partial charge in [-0.1, -0.05) is 88.5 Å². The summed E-state index contributed by atoms with van der Waals surface area (Å²) in [7, 11) is 1.79. The molecule has 0 atom stereocenters. The second kappa shape index (κ2) is 6.72. The maximum absolute atomic E-state index is 10.8. The molecule has 25 heavy (non-hydrogen) atoms. The van der Waals surface area contributed by atoms with E-state index in [-0.39, 0.29) is 10.8 Å². The Hall–Kier alpha value is -0.830.